The third-order valence-electron chi connectivity index (χ3n) is 4.85. The largest absolute Gasteiger partial charge is 0.497 e. The number of ether oxygens (including phenoxy) is 3. The number of carbonyl (C=O) groups excluding carboxylic acids is 2. The monoisotopic (exact) mass is 413 g/mol. The van der Waals surface area contributed by atoms with E-state index >= 15 is 0 Å². The minimum atomic E-state index is -0.360. The Morgan fingerprint density at radius 2 is 1.67 bits per heavy atom. The Morgan fingerprint density at radius 1 is 1.00 bits per heavy atom. The first-order valence-corrected chi connectivity index (χ1v) is 9.82. The molecule has 2 amide bonds. The van der Waals surface area contributed by atoms with Crippen molar-refractivity contribution in [2.45, 2.75) is 0 Å². The predicted octanol–water partition coefficient (Wildman–Crippen LogP) is 2.02. The highest BCUT2D eigenvalue weighted by Gasteiger charge is 2.16. The fraction of sp³-hybridized carbons (Fsp3) is 0.364. The van der Waals surface area contributed by atoms with Gasteiger partial charge in [0.1, 0.15) is 11.5 Å². The van der Waals surface area contributed by atoms with Gasteiger partial charge in [0.05, 0.1) is 38.7 Å². The summed E-state index contributed by atoms with van der Waals surface area (Å²) in [6, 6.07) is 11.8. The number of morpholine rings is 1. The lowest BCUT2D eigenvalue weighted by atomic mass is 10.1. The molecule has 8 heteroatoms. The smallest absolute Gasteiger partial charge is 0.255 e. The van der Waals surface area contributed by atoms with Gasteiger partial charge in [-0.05, 0) is 24.3 Å². The van der Waals surface area contributed by atoms with E-state index in [0.717, 1.165) is 32.8 Å². The maximum Gasteiger partial charge on any atom is 0.255 e. The van der Waals surface area contributed by atoms with Gasteiger partial charge in [-0.3, -0.25) is 14.5 Å². The summed E-state index contributed by atoms with van der Waals surface area (Å²) in [4.78, 5) is 27.7. The van der Waals surface area contributed by atoms with Crippen LogP contribution in [0.4, 0.5) is 5.69 Å². The minimum Gasteiger partial charge on any atom is -0.497 e. The van der Waals surface area contributed by atoms with E-state index in [2.05, 4.69) is 15.5 Å². The highest BCUT2D eigenvalue weighted by molar-refractivity contribution is 6.09. The molecule has 2 N–H and O–H groups in total. The maximum absolute atomic E-state index is 12.8. The van der Waals surface area contributed by atoms with E-state index < -0.39 is 0 Å². The second-order valence-corrected chi connectivity index (χ2v) is 6.81. The molecule has 2 aromatic rings. The van der Waals surface area contributed by atoms with Crippen molar-refractivity contribution < 1.29 is 23.8 Å². The lowest BCUT2D eigenvalue weighted by molar-refractivity contribution is 0.0383. The zero-order chi connectivity index (χ0) is 21.3. The fourth-order valence-corrected chi connectivity index (χ4v) is 3.17. The van der Waals surface area contributed by atoms with Crippen molar-refractivity contribution in [1.29, 1.82) is 0 Å². The van der Waals surface area contributed by atoms with E-state index in [4.69, 9.17) is 14.2 Å². The summed E-state index contributed by atoms with van der Waals surface area (Å²) in [5, 5.41) is 5.74. The van der Waals surface area contributed by atoms with Crippen LogP contribution in [0.5, 0.6) is 11.5 Å². The molecular formula is C22H27N3O5. The summed E-state index contributed by atoms with van der Waals surface area (Å²) in [5.41, 5.74) is 1.21. The Labute approximate surface area is 176 Å². The molecule has 0 saturated carbocycles. The fourth-order valence-electron chi connectivity index (χ4n) is 3.17. The molecule has 1 aliphatic heterocycles. The number of hydrogen-bond donors (Lipinski definition) is 2. The van der Waals surface area contributed by atoms with Crippen LogP contribution in [-0.4, -0.2) is 70.3 Å². The van der Waals surface area contributed by atoms with Gasteiger partial charge < -0.3 is 24.8 Å². The number of rotatable bonds is 8. The maximum atomic E-state index is 12.8. The topological polar surface area (TPSA) is 89.1 Å². The Kier molecular flexibility index (Phi) is 7.64. The van der Waals surface area contributed by atoms with Crippen molar-refractivity contribution in [2.24, 2.45) is 0 Å². The molecule has 1 saturated heterocycles. The number of nitrogens with zero attached hydrogens (tertiary/aromatic N) is 1. The lowest BCUT2D eigenvalue weighted by Crippen LogP contribution is -2.41. The number of benzene rings is 2. The quantitative estimate of drug-likeness (QED) is 0.688. The number of para-hydroxylation sites is 1. The summed E-state index contributed by atoms with van der Waals surface area (Å²) in [5.74, 6) is 0.422. The molecule has 160 valence electrons. The molecule has 0 aromatic heterocycles. The predicted molar refractivity (Wildman–Crippen MR) is 114 cm³/mol. The summed E-state index contributed by atoms with van der Waals surface area (Å²) in [7, 11) is 3.04. The van der Waals surface area contributed by atoms with Gasteiger partial charge >= 0.3 is 0 Å². The van der Waals surface area contributed by atoms with Crippen LogP contribution >= 0.6 is 0 Å². The van der Waals surface area contributed by atoms with Gasteiger partial charge in [0, 0.05) is 37.8 Å². The molecule has 0 bridgehead atoms. The zero-order valence-corrected chi connectivity index (χ0v) is 17.3. The Morgan fingerprint density at radius 3 is 2.33 bits per heavy atom. The molecule has 0 aliphatic carbocycles. The van der Waals surface area contributed by atoms with Gasteiger partial charge in [-0.2, -0.15) is 0 Å². The van der Waals surface area contributed by atoms with Crippen LogP contribution in [0.15, 0.2) is 42.5 Å². The minimum absolute atomic E-state index is 0.234. The van der Waals surface area contributed by atoms with E-state index in [9.17, 15) is 9.59 Å². The van der Waals surface area contributed by atoms with Crippen LogP contribution in [-0.2, 0) is 4.74 Å². The first-order valence-electron chi connectivity index (χ1n) is 9.82. The SMILES string of the molecule is COc1cc(OC)cc(C(=O)Nc2ccccc2C(=O)NCCN2CCOCC2)c1. The first-order chi connectivity index (χ1) is 14.6. The first kappa shape index (κ1) is 21.6. The third kappa shape index (κ3) is 5.71. The van der Waals surface area contributed by atoms with Crippen molar-refractivity contribution in [2.75, 3.05) is 58.9 Å². The van der Waals surface area contributed by atoms with Crippen molar-refractivity contribution in [1.82, 2.24) is 10.2 Å². The van der Waals surface area contributed by atoms with Crippen LogP contribution in [0.1, 0.15) is 20.7 Å². The Balaban J connectivity index is 1.65. The number of amides is 2. The second-order valence-electron chi connectivity index (χ2n) is 6.81. The van der Waals surface area contributed by atoms with E-state index in [1.165, 1.54) is 14.2 Å². The van der Waals surface area contributed by atoms with Crippen LogP contribution in [0.3, 0.4) is 0 Å². The van der Waals surface area contributed by atoms with Crippen LogP contribution in [0, 0.1) is 0 Å². The molecule has 0 unspecified atom stereocenters. The average Bonchev–Trinajstić information content (AvgIpc) is 2.79. The zero-order valence-electron chi connectivity index (χ0n) is 17.3. The van der Waals surface area contributed by atoms with Crippen LogP contribution in [0.25, 0.3) is 0 Å². The number of hydrogen-bond acceptors (Lipinski definition) is 6. The van der Waals surface area contributed by atoms with Crippen LogP contribution < -0.4 is 20.1 Å². The normalized spacial score (nSPS) is 14.1. The number of carbonyl (C=O) groups is 2. The number of methoxy groups -OCH3 is 2. The standard InChI is InChI=1S/C22H27N3O5/c1-28-17-13-16(14-18(15-17)29-2)21(26)24-20-6-4-3-5-19(20)22(27)23-7-8-25-9-11-30-12-10-25/h3-6,13-15H,7-12H2,1-2H3,(H,23,27)(H,24,26). The van der Waals surface area contributed by atoms with E-state index in [-0.39, 0.29) is 11.8 Å². The lowest BCUT2D eigenvalue weighted by Gasteiger charge is -2.26. The van der Waals surface area contributed by atoms with Gasteiger partial charge in [0.15, 0.2) is 0 Å². The number of nitrogens with one attached hydrogen (secondary N) is 2. The van der Waals surface area contributed by atoms with Gasteiger partial charge in [-0.15, -0.1) is 0 Å². The summed E-state index contributed by atoms with van der Waals surface area (Å²) in [6.45, 7) is 4.45. The molecular weight excluding hydrogens is 386 g/mol. The highest BCUT2D eigenvalue weighted by Crippen LogP contribution is 2.24. The molecule has 8 nitrogen and oxygen atoms in total. The van der Waals surface area contributed by atoms with E-state index in [1.807, 2.05) is 0 Å². The summed E-state index contributed by atoms with van der Waals surface area (Å²) < 4.78 is 15.8. The molecule has 1 aliphatic rings. The molecule has 1 fully saturated rings. The van der Waals surface area contributed by atoms with E-state index in [0.29, 0.717) is 34.9 Å². The Hall–Kier alpha value is -3.10. The molecule has 30 heavy (non-hydrogen) atoms. The third-order valence-corrected chi connectivity index (χ3v) is 4.85. The van der Waals surface area contributed by atoms with Crippen molar-refractivity contribution in [3.8, 4) is 11.5 Å². The van der Waals surface area contributed by atoms with Crippen molar-refractivity contribution in [3.05, 3.63) is 53.6 Å². The Bertz CT molecular complexity index is 859. The molecule has 0 spiro atoms. The highest BCUT2D eigenvalue weighted by atomic mass is 16.5. The van der Waals surface area contributed by atoms with Crippen LogP contribution in [0.2, 0.25) is 0 Å². The molecule has 0 radical (unpaired) electrons. The summed E-state index contributed by atoms with van der Waals surface area (Å²) in [6.07, 6.45) is 0. The van der Waals surface area contributed by atoms with Gasteiger partial charge in [-0.1, -0.05) is 12.1 Å². The van der Waals surface area contributed by atoms with Gasteiger partial charge in [0.2, 0.25) is 0 Å². The molecule has 0 atom stereocenters. The molecule has 2 aromatic carbocycles. The molecule has 3 rings (SSSR count). The van der Waals surface area contributed by atoms with Gasteiger partial charge in [0.25, 0.3) is 11.8 Å². The molecule has 1 heterocycles. The van der Waals surface area contributed by atoms with Crippen molar-refractivity contribution >= 4 is 17.5 Å². The number of anilines is 1. The average molecular weight is 413 g/mol. The van der Waals surface area contributed by atoms with E-state index in [1.54, 1.807) is 42.5 Å². The second kappa shape index (κ2) is 10.6. The van der Waals surface area contributed by atoms with Crippen molar-refractivity contribution in [3.63, 3.8) is 0 Å². The summed E-state index contributed by atoms with van der Waals surface area (Å²) >= 11 is 0. The van der Waals surface area contributed by atoms with Gasteiger partial charge in [-0.25, -0.2) is 0 Å².